The van der Waals surface area contributed by atoms with Crippen LogP contribution in [0.2, 0.25) is 0 Å². The minimum absolute atomic E-state index is 0.280. The quantitative estimate of drug-likeness (QED) is 0.906. The molecule has 0 saturated carbocycles. The molecule has 0 saturated heterocycles. The fraction of sp³-hybridized carbons (Fsp3) is 0.357. The highest BCUT2D eigenvalue weighted by Gasteiger charge is 2.13. The summed E-state index contributed by atoms with van der Waals surface area (Å²) in [5.74, 6) is -0.280. The summed E-state index contributed by atoms with van der Waals surface area (Å²) in [6, 6.07) is 4.44. The first-order valence-corrected chi connectivity index (χ1v) is 5.91. The van der Waals surface area contributed by atoms with E-state index in [0.717, 1.165) is 22.5 Å². The Morgan fingerprint density at radius 1 is 1.33 bits per heavy atom. The van der Waals surface area contributed by atoms with E-state index in [1.54, 1.807) is 19.3 Å². The van der Waals surface area contributed by atoms with E-state index >= 15 is 0 Å². The molecule has 18 heavy (non-hydrogen) atoms. The van der Waals surface area contributed by atoms with E-state index in [9.17, 15) is 9.50 Å². The van der Waals surface area contributed by atoms with Crippen molar-refractivity contribution in [3.05, 3.63) is 52.9 Å². The molecule has 0 amide bonds. The van der Waals surface area contributed by atoms with Crippen molar-refractivity contribution in [1.82, 2.24) is 9.55 Å². The summed E-state index contributed by atoms with van der Waals surface area (Å²) >= 11 is 0. The highest BCUT2D eigenvalue weighted by molar-refractivity contribution is 5.28. The second-order valence-electron chi connectivity index (χ2n) is 4.58. The maximum Gasteiger partial charge on any atom is 0.123 e. The topological polar surface area (TPSA) is 38.0 Å². The van der Waals surface area contributed by atoms with E-state index in [4.69, 9.17) is 0 Å². The molecule has 0 fully saturated rings. The summed E-state index contributed by atoms with van der Waals surface area (Å²) in [7, 11) is 0. The van der Waals surface area contributed by atoms with Crippen LogP contribution in [0.15, 0.2) is 24.5 Å². The summed E-state index contributed by atoms with van der Waals surface area (Å²) < 4.78 is 14.9. The van der Waals surface area contributed by atoms with Crippen LogP contribution in [0.4, 0.5) is 4.39 Å². The van der Waals surface area contributed by atoms with Crippen molar-refractivity contribution in [2.45, 2.75) is 33.4 Å². The van der Waals surface area contributed by atoms with Crippen molar-refractivity contribution in [1.29, 1.82) is 0 Å². The Labute approximate surface area is 106 Å². The molecule has 0 radical (unpaired) electrons. The van der Waals surface area contributed by atoms with Gasteiger partial charge >= 0.3 is 0 Å². The Bertz CT molecular complexity index is 563. The maximum atomic E-state index is 13.0. The van der Waals surface area contributed by atoms with Gasteiger partial charge in [0.15, 0.2) is 0 Å². The molecule has 0 aliphatic rings. The van der Waals surface area contributed by atoms with Crippen LogP contribution >= 0.6 is 0 Å². The second-order valence-corrected chi connectivity index (χ2v) is 4.58. The molecule has 2 aromatic rings. The summed E-state index contributed by atoms with van der Waals surface area (Å²) in [4.78, 5) is 4.19. The molecule has 2 rings (SSSR count). The van der Waals surface area contributed by atoms with Crippen LogP contribution in [-0.2, 0) is 6.54 Å². The predicted octanol–water partition coefficient (Wildman–Crippen LogP) is 2.68. The second kappa shape index (κ2) is 4.90. The lowest BCUT2D eigenvalue weighted by Gasteiger charge is -2.15. The Balaban J connectivity index is 2.22. The Hall–Kier alpha value is -1.68. The molecular weight excluding hydrogens is 231 g/mol. The van der Waals surface area contributed by atoms with Crippen molar-refractivity contribution >= 4 is 0 Å². The Morgan fingerprint density at radius 2 is 2.06 bits per heavy atom. The molecule has 0 spiro atoms. The SMILES string of the molecule is Cc1cc(F)ccc1C(O)Cn1cnc(C)c1C. The first kappa shape index (κ1) is 12.8. The molecule has 1 N–H and O–H groups in total. The molecular formula is C14H17FN2O. The van der Waals surface area contributed by atoms with Crippen molar-refractivity contribution in [2.24, 2.45) is 0 Å². The average Bonchev–Trinajstić information content (AvgIpc) is 2.61. The third kappa shape index (κ3) is 2.43. The van der Waals surface area contributed by atoms with Gasteiger partial charge in [-0.2, -0.15) is 0 Å². The number of aryl methyl sites for hydroxylation is 2. The lowest BCUT2D eigenvalue weighted by atomic mass is 10.0. The van der Waals surface area contributed by atoms with Gasteiger partial charge in [-0.25, -0.2) is 9.37 Å². The number of aliphatic hydroxyl groups excluding tert-OH is 1. The number of aromatic nitrogens is 2. The van der Waals surface area contributed by atoms with Gasteiger partial charge in [0.1, 0.15) is 5.82 Å². The van der Waals surface area contributed by atoms with Crippen molar-refractivity contribution in [2.75, 3.05) is 0 Å². The molecule has 1 heterocycles. The third-order valence-electron chi connectivity index (χ3n) is 3.31. The van der Waals surface area contributed by atoms with Gasteiger partial charge < -0.3 is 9.67 Å². The normalized spacial score (nSPS) is 12.7. The monoisotopic (exact) mass is 248 g/mol. The smallest absolute Gasteiger partial charge is 0.123 e. The fourth-order valence-corrected chi connectivity index (χ4v) is 2.03. The first-order chi connectivity index (χ1) is 8.49. The van der Waals surface area contributed by atoms with Crippen LogP contribution < -0.4 is 0 Å². The van der Waals surface area contributed by atoms with E-state index in [1.807, 2.05) is 18.4 Å². The van der Waals surface area contributed by atoms with E-state index in [-0.39, 0.29) is 5.82 Å². The number of hydrogen-bond donors (Lipinski definition) is 1. The van der Waals surface area contributed by atoms with Gasteiger partial charge in [-0.05, 0) is 44.0 Å². The lowest BCUT2D eigenvalue weighted by molar-refractivity contribution is 0.155. The van der Waals surface area contributed by atoms with Gasteiger partial charge in [0.2, 0.25) is 0 Å². The van der Waals surface area contributed by atoms with Crippen LogP contribution in [0.5, 0.6) is 0 Å². The van der Waals surface area contributed by atoms with Crippen molar-refractivity contribution in [3.63, 3.8) is 0 Å². The summed E-state index contributed by atoms with van der Waals surface area (Å²) in [6.45, 7) is 6.13. The highest BCUT2D eigenvalue weighted by Crippen LogP contribution is 2.21. The molecule has 1 aromatic carbocycles. The third-order valence-corrected chi connectivity index (χ3v) is 3.31. The number of halogens is 1. The van der Waals surface area contributed by atoms with Gasteiger partial charge in [-0.15, -0.1) is 0 Å². The largest absolute Gasteiger partial charge is 0.387 e. The van der Waals surface area contributed by atoms with Gasteiger partial charge in [-0.3, -0.25) is 0 Å². The first-order valence-electron chi connectivity index (χ1n) is 5.91. The predicted molar refractivity (Wildman–Crippen MR) is 67.8 cm³/mol. The van der Waals surface area contributed by atoms with Crippen LogP contribution in [0.3, 0.4) is 0 Å². The molecule has 0 aliphatic carbocycles. The number of nitrogens with zero attached hydrogens (tertiary/aromatic N) is 2. The molecule has 1 aromatic heterocycles. The standard InChI is InChI=1S/C14H17FN2O/c1-9-6-12(15)4-5-13(9)14(18)7-17-8-16-10(2)11(17)3/h4-6,8,14,18H,7H2,1-3H3. The van der Waals surface area contributed by atoms with E-state index in [1.165, 1.54) is 12.1 Å². The van der Waals surface area contributed by atoms with Crippen LogP contribution in [0, 0.1) is 26.6 Å². The lowest BCUT2D eigenvalue weighted by Crippen LogP contribution is -2.10. The van der Waals surface area contributed by atoms with Gasteiger partial charge in [0.25, 0.3) is 0 Å². The molecule has 96 valence electrons. The molecule has 0 bridgehead atoms. The van der Waals surface area contributed by atoms with E-state index < -0.39 is 6.10 Å². The van der Waals surface area contributed by atoms with Crippen LogP contribution in [-0.4, -0.2) is 14.7 Å². The summed E-state index contributed by atoms with van der Waals surface area (Å²) in [6.07, 6.45) is 1.06. The minimum Gasteiger partial charge on any atom is -0.387 e. The zero-order valence-electron chi connectivity index (χ0n) is 10.8. The van der Waals surface area contributed by atoms with Gasteiger partial charge in [0, 0.05) is 5.69 Å². The van der Waals surface area contributed by atoms with E-state index in [2.05, 4.69) is 4.98 Å². The van der Waals surface area contributed by atoms with Gasteiger partial charge in [-0.1, -0.05) is 6.07 Å². The number of imidazole rings is 1. The molecule has 1 atom stereocenters. The summed E-state index contributed by atoms with van der Waals surface area (Å²) in [5, 5.41) is 10.2. The average molecular weight is 248 g/mol. The highest BCUT2D eigenvalue weighted by atomic mass is 19.1. The minimum atomic E-state index is -0.655. The fourth-order valence-electron chi connectivity index (χ4n) is 2.03. The molecule has 0 aliphatic heterocycles. The zero-order valence-corrected chi connectivity index (χ0v) is 10.8. The molecule has 1 unspecified atom stereocenters. The van der Waals surface area contributed by atoms with Crippen molar-refractivity contribution in [3.8, 4) is 0 Å². The Morgan fingerprint density at radius 3 is 2.61 bits per heavy atom. The van der Waals surface area contributed by atoms with E-state index in [0.29, 0.717) is 6.54 Å². The number of aliphatic hydroxyl groups is 1. The van der Waals surface area contributed by atoms with Crippen LogP contribution in [0.1, 0.15) is 28.6 Å². The number of rotatable bonds is 3. The summed E-state index contributed by atoms with van der Waals surface area (Å²) in [5.41, 5.74) is 3.51. The number of hydrogen-bond acceptors (Lipinski definition) is 2. The zero-order chi connectivity index (χ0) is 13.3. The van der Waals surface area contributed by atoms with Gasteiger partial charge in [0.05, 0.1) is 24.7 Å². The number of benzene rings is 1. The molecule has 4 heteroatoms. The Kier molecular flexibility index (Phi) is 3.48. The van der Waals surface area contributed by atoms with Crippen LogP contribution in [0.25, 0.3) is 0 Å². The molecule has 3 nitrogen and oxygen atoms in total. The van der Waals surface area contributed by atoms with Crippen molar-refractivity contribution < 1.29 is 9.50 Å². The maximum absolute atomic E-state index is 13.0.